The van der Waals surface area contributed by atoms with Gasteiger partial charge in [-0.2, -0.15) is 0 Å². The smallest absolute Gasteiger partial charge is 0.257 e. The molecule has 0 aliphatic heterocycles. The van der Waals surface area contributed by atoms with E-state index in [1.54, 1.807) is 0 Å². The van der Waals surface area contributed by atoms with Gasteiger partial charge in [-0.1, -0.05) is 17.5 Å². The minimum absolute atomic E-state index is 0.0154. The second-order valence-corrected chi connectivity index (χ2v) is 4.89. The van der Waals surface area contributed by atoms with E-state index in [0.29, 0.717) is 17.5 Å². The highest BCUT2D eigenvalue weighted by Crippen LogP contribution is 2.30. The molecule has 0 bridgehead atoms. The van der Waals surface area contributed by atoms with Gasteiger partial charge >= 0.3 is 0 Å². The van der Waals surface area contributed by atoms with E-state index in [1.165, 1.54) is 23.1 Å². The normalized spacial score (nSPS) is 14.1. The summed E-state index contributed by atoms with van der Waals surface area (Å²) in [4.78, 5) is 13.7. The molecule has 0 heterocycles. The van der Waals surface area contributed by atoms with Gasteiger partial charge in [0.05, 0.1) is 12.1 Å². The largest absolute Gasteiger partial charge is 0.327 e. The Bertz CT molecular complexity index is 505. The van der Waals surface area contributed by atoms with E-state index in [-0.39, 0.29) is 18.0 Å². The van der Waals surface area contributed by atoms with Gasteiger partial charge in [-0.25, -0.2) is 4.39 Å². The predicted molar refractivity (Wildman–Crippen MR) is 68.9 cm³/mol. The fourth-order valence-corrected chi connectivity index (χ4v) is 1.95. The molecule has 1 aromatic rings. The van der Waals surface area contributed by atoms with Crippen LogP contribution in [0.5, 0.6) is 0 Å². The van der Waals surface area contributed by atoms with Crippen molar-refractivity contribution in [2.45, 2.75) is 12.8 Å². The van der Waals surface area contributed by atoms with Crippen LogP contribution in [-0.2, 0) is 0 Å². The molecular formula is C14H13ClFNO. The minimum Gasteiger partial charge on any atom is -0.327 e. The number of carbonyl (C=O) groups excluding carboxylic acids is 1. The summed E-state index contributed by atoms with van der Waals surface area (Å²) in [6.07, 6.45) is 7.45. The van der Waals surface area contributed by atoms with Crippen LogP contribution in [-0.4, -0.2) is 23.9 Å². The number of carbonyl (C=O) groups is 1. The number of benzene rings is 1. The zero-order chi connectivity index (χ0) is 13.1. The number of rotatable bonds is 4. The summed E-state index contributed by atoms with van der Waals surface area (Å²) in [6, 6.07) is 3.95. The summed E-state index contributed by atoms with van der Waals surface area (Å²) in [5, 5.41) is 0.340. The van der Waals surface area contributed by atoms with Crippen molar-refractivity contribution in [3.8, 4) is 12.3 Å². The van der Waals surface area contributed by atoms with Crippen molar-refractivity contribution in [3.63, 3.8) is 0 Å². The minimum atomic E-state index is -0.567. The van der Waals surface area contributed by atoms with E-state index in [0.717, 1.165) is 12.8 Å². The van der Waals surface area contributed by atoms with Crippen LogP contribution in [0, 0.1) is 24.1 Å². The van der Waals surface area contributed by atoms with Gasteiger partial charge in [-0.3, -0.25) is 4.79 Å². The molecule has 0 saturated heterocycles. The van der Waals surface area contributed by atoms with Gasteiger partial charge < -0.3 is 4.90 Å². The first kappa shape index (κ1) is 12.9. The van der Waals surface area contributed by atoms with E-state index < -0.39 is 5.82 Å². The maximum absolute atomic E-state index is 13.6. The highest BCUT2D eigenvalue weighted by molar-refractivity contribution is 6.31. The van der Waals surface area contributed by atoms with Crippen molar-refractivity contribution in [1.82, 2.24) is 4.90 Å². The van der Waals surface area contributed by atoms with E-state index in [1.807, 2.05) is 0 Å². The first-order valence-corrected chi connectivity index (χ1v) is 6.17. The van der Waals surface area contributed by atoms with Gasteiger partial charge in [0.2, 0.25) is 0 Å². The molecule has 0 atom stereocenters. The lowest BCUT2D eigenvalue weighted by molar-refractivity contribution is 0.0765. The molecule has 2 nitrogen and oxygen atoms in total. The van der Waals surface area contributed by atoms with Crippen LogP contribution in [0.3, 0.4) is 0 Å². The molecule has 1 aliphatic rings. The van der Waals surface area contributed by atoms with Gasteiger partial charge in [0, 0.05) is 11.6 Å². The van der Waals surface area contributed by atoms with Crippen LogP contribution in [0.4, 0.5) is 4.39 Å². The molecule has 0 N–H and O–H groups in total. The first-order valence-electron chi connectivity index (χ1n) is 5.79. The lowest BCUT2D eigenvalue weighted by Crippen LogP contribution is -2.33. The number of nitrogens with zero attached hydrogens (tertiary/aromatic N) is 1. The Morgan fingerprint density at radius 1 is 1.56 bits per heavy atom. The number of hydrogen-bond donors (Lipinski definition) is 0. The van der Waals surface area contributed by atoms with Crippen LogP contribution >= 0.6 is 11.6 Å². The fourth-order valence-electron chi connectivity index (χ4n) is 1.77. The number of amides is 1. The van der Waals surface area contributed by atoms with Crippen LogP contribution in [0.15, 0.2) is 18.2 Å². The zero-order valence-corrected chi connectivity index (χ0v) is 10.6. The van der Waals surface area contributed by atoms with Crippen molar-refractivity contribution in [3.05, 3.63) is 34.6 Å². The van der Waals surface area contributed by atoms with E-state index in [2.05, 4.69) is 5.92 Å². The molecule has 1 fully saturated rings. The van der Waals surface area contributed by atoms with Crippen molar-refractivity contribution in [2.24, 2.45) is 5.92 Å². The molecule has 0 aromatic heterocycles. The lowest BCUT2D eigenvalue weighted by Gasteiger charge is -2.20. The lowest BCUT2D eigenvalue weighted by atomic mass is 10.1. The van der Waals surface area contributed by atoms with Crippen LogP contribution in [0.25, 0.3) is 0 Å². The number of halogens is 2. The summed E-state index contributed by atoms with van der Waals surface area (Å²) >= 11 is 5.78. The Morgan fingerprint density at radius 2 is 2.28 bits per heavy atom. The summed E-state index contributed by atoms with van der Waals surface area (Å²) in [5.74, 6) is 1.98. The van der Waals surface area contributed by atoms with E-state index >= 15 is 0 Å². The molecule has 18 heavy (non-hydrogen) atoms. The highest BCUT2D eigenvalue weighted by Gasteiger charge is 2.27. The van der Waals surface area contributed by atoms with Gasteiger partial charge in [0.25, 0.3) is 5.91 Å². The average Bonchev–Trinajstić information content (AvgIpc) is 3.15. The van der Waals surface area contributed by atoms with E-state index in [4.69, 9.17) is 18.0 Å². The molecule has 1 aliphatic carbocycles. The monoisotopic (exact) mass is 265 g/mol. The molecule has 1 amide bonds. The summed E-state index contributed by atoms with van der Waals surface area (Å²) in [6.45, 7) is 0.788. The fraction of sp³-hybridized carbons (Fsp3) is 0.357. The summed E-state index contributed by atoms with van der Waals surface area (Å²) in [7, 11) is 0. The SMILES string of the molecule is C#CCN(CC1CC1)C(=O)c1cc(Cl)ccc1F. The van der Waals surface area contributed by atoms with Gasteiger partial charge in [-0.15, -0.1) is 6.42 Å². The molecule has 4 heteroatoms. The molecule has 0 unspecified atom stereocenters. The van der Waals surface area contributed by atoms with Crippen LogP contribution in [0.2, 0.25) is 5.02 Å². The van der Waals surface area contributed by atoms with Gasteiger partial charge in [-0.05, 0) is 37.0 Å². The zero-order valence-electron chi connectivity index (χ0n) is 9.83. The van der Waals surface area contributed by atoms with Gasteiger partial charge in [0.15, 0.2) is 0 Å². The number of terminal acetylenes is 1. The molecular weight excluding hydrogens is 253 g/mol. The molecule has 1 aromatic carbocycles. The van der Waals surface area contributed by atoms with Crippen molar-refractivity contribution < 1.29 is 9.18 Å². The Kier molecular flexibility index (Phi) is 3.88. The Morgan fingerprint density at radius 3 is 2.89 bits per heavy atom. The van der Waals surface area contributed by atoms with Crippen molar-refractivity contribution >= 4 is 17.5 Å². The maximum atomic E-state index is 13.6. The Hall–Kier alpha value is -1.53. The Labute approximate surface area is 111 Å². The van der Waals surface area contributed by atoms with Crippen LogP contribution in [0.1, 0.15) is 23.2 Å². The third kappa shape index (κ3) is 3.02. The predicted octanol–water partition coefficient (Wildman–Crippen LogP) is 2.96. The van der Waals surface area contributed by atoms with Crippen molar-refractivity contribution in [1.29, 1.82) is 0 Å². The molecule has 94 valence electrons. The maximum Gasteiger partial charge on any atom is 0.257 e. The van der Waals surface area contributed by atoms with E-state index in [9.17, 15) is 9.18 Å². The van der Waals surface area contributed by atoms with Crippen LogP contribution < -0.4 is 0 Å². The number of hydrogen-bond acceptors (Lipinski definition) is 1. The average molecular weight is 266 g/mol. The third-order valence-electron chi connectivity index (χ3n) is 2.90. The van der Waals surface area contributed by atoms with Crippen molar-refractivity contribution in [2.75, 3.05) is 13.1 Å². The summed E-state index contributed by atoms with van der Waals surface area (Å²) < 4.78 is 13.6. The third-order valence-corrected chi connectivity index (χ3v) is 3.14. The molecule has 2 rings (SSSR count). The topological polar surface area (TPSA) is 20.3 Å². The second-order valence-electron chi connectivity index (χ2n) is 4.46. The highest BCUT2D eigenvalue weighted by atomic mass is 35.5. The Balaban J connectivity index is 2.20. The molecule has 0 radical (unpaired) electrons. The quantitative estimate of drug-likeness (QED) is 0.767. The molecule has 0 spiro atoms. The van der Waals surface area contributed by atoms with Gasteiger partial charge in [0.1, 0.15) is 5.82 Å². The standard InChI is InChI=1S/C14H13ClFNO/c1-2-7-17(9-10-3-4-10)14(18)12-8-11(15)5-6-13(12)16/h1,5-6,8,10H,3-4,7,9H2. The molecule has 1 saturated carbocycles. The summed E-state index contributed by atoms with van der Waals surface area (Å²) in [5.41, 5.74) is -0.0154. The second kappa shape index (κ2) is 5.41. The first-order chi connectivity index (χ1) is 8.61.